The summed E-state index contributed by atoms with van der Waals surface area (Å²) >= 11 is 1.81. The number of hydrogen-bond donors (Lipinski definition) is 1. The van der Waals surface area contributed by atoms with E-state index >= 15 is 0 Å². The minimum Gasteiger partial charge on any atom is -0.465 e. The summed E-state index contributed by atoms with van der Waals surface area (Å²) in [6.07, 6.45) is 6.74. The summed E-state index contributed by atoms with van der Waals surface area (Å²) in [5.74, 6) is 0.0691. The summed E-state index contributed by atoms with van der Waals surface area (Å²) in [6, 6.07) is 17.2. The zero-order valence-electron chi connectivity index (χ0n) is 17.4. The molecule has 1 N–H and O–H groups in total. The first-order valence-electron chi connectivity index (χ1n) is 10.3. The van der Waals surface area contributed by atoms with Crippen molar-refractivity contribution in [3.05, 3.63) is 83.2 Å². The molecule has 5 heteroatoms. The lowest BCUT2D eigenvalue weighted by Crippen LogP contribution is -2.19. The fourth-order valence-electron chi connectivity index (χ4n) is 3.97. The molecule has 0 aliphatic heterocycles. The number of hydrogen-bond acceptors (Lipinski definition) is 5. The quantitative estimate of drug-likeness (QED) is 0.508. The minimum atomic E-state index is -0.346. The molecular weight excluding hydrogens is 392 g/mol. The van der Waals surface area contributed by atoms with Crippen LogP contribution >= 0.6 is 11.8 Å². The molecule has 0 radical (unpaired) electrons. The van der Waals surface area contributed by atoms with Gasteiger partial charge in [-0.2, -0.15) is 0 Å². The number of rotatable bonds is 6. The molecule has 0 saturated carbocycles. The van der Waals surface area contributed by atoms with E-state index in [0.717, 1.165) is 25.1 Å². The molecule has 0 unspecified atom stereocenters. The summed E-state index contributed by atoms with van der Waals surface area (Å²) in [4.78, 5) is 18.7. The van der Waals surface area contributed by atoms with Crippen LogP contribution in [0.5, 0.6) is 0 Å². The standard InChI is InChI=1S/C25H26N2O2S/c1-17-6-8-20(9-7-17)30-21-10-11-22-18(14-21)4-3-5-19(22)15-27-24-16-26-13-12-23(24)25(28)29-2/h6-14,16,19,27H,3-5,15H2,1-2H3/t19-/m1/s1. The first kappa shape index (κ1) is 20.5. The molecule has 154 valence electrons. The highest BCUT2D eigenvalue weighted by Gasteiger charge is 2.21. The molecule has 2 aromatic carbocycles. The first-order chi connectivity index (χ1) is 14.6. The van der Waals surface area contributed by atoms with Gasteiger partial charge in [-0.3, -0.25) is 4.98 Å². The number of esters is 1. The fraction of sp³-hybridized carbons (Fsp3) is 0.280. The number of nitrogens with one attached hydrogen (secondary N) is 1. The maximum atomic E-state index is 12.0. The van der Waals surface area contributed by atoms with E-state index in [1.165, 1.54) is 40.0 Å². The average Bonchev–Trinajstić information content (AvgIpc) is 2.78. The molecule has 1 atom stereocenters. The van der Waals surface area contributed by atoms with Gasteiger partial charge in [-0.1, -0.05) is 35.5 Å². The van der Waals surface area contributed by atoms with Crippen molar-refractivity contribution in [3.63, 3.8) is 0 Å². The third-order valence-electron chi connectivity index (χ3n) is 5.57. The number of benzene rings is 2. The van der Waals surface area contributed by atoms with Gasteiger partial charge < -0.3 is 10.1 Å². The largest absolute Gasteiger partial charge is 0.465 e. The molecule has 0 amide bonds. The van der Waals surface area contributed by atoms with E-state index in [1.807, 2.05) is 11.8 Å². The SMILES string of the molecule is COC(=O)c1ccncc1NC[C@H]1CCCc2cc(Sc3ccc(C)cc3)ccc21. The highest BCUT2D eigenvalue weighted by molar-refractivity contribution is 7.99. The Kier molecular flexibility index (Phi) is 6.38. The number of nitrogens with zero attached hydrogens (tertiary/aromatic N) is 1. The van der Waals surface area contributed by atoms with Crippen LogP contribution in [0.25, 0.3) is 0 Å². The summed E-state index contributed by atoms with van der Waals surface area (Å²) in [7, 11) is 1.40. The molecular formula is C25H26N2O2S. The lowest BCUT2D eigenvalue weighted by atomic mass is 9.83. The fourth-order valence-corrected chi connectivity index (χ4v) is 4.85. The van der Waals surface area contributed by atoms with Crippen molar-refractivity contribution in [1.29, 1.82) is 0 Å². The van der Waals surface area contributed by atoms with Crippen molar-refractivity contribution in [3.8, 4) is 0 Å². The molecule has 1 heterocycles. The van der Waals surface area contributed by atoms with E-state index in [2.05, 4.69) is 59.7 Å². The van der Waals surface area contributed by atoms with Gasteiger partial charge in [-0.25, -0.2) is 4.79 Å². The Bertz CT molecular complexity index is 1030. The van der Waals surface area contributed by atoms with Gasteiger partial charge in [0.05, 0.1) is 24.6 Å². The Labute approximate surface area is 182 Å². The number of methoxy groups -OCH3 is 1. The predicted molar refractivity (Wildman–Crippen MR) is 121 cm³/mol. The molecule has 0 bridgehead atoms. The molecule has 0 saturated heterocycles. The molecule has 1 aliphatic rings. The zero-order chi connectivity index (χ0) is 20.9. The normalized spacial score (nSPS) is 15.3. The van der Waals surface area contributed by atoms with Crippen LogP contribution in [0, 0.1) is 6.92 Å². The van der Waals surface area contributed by atoms with Gasteiger partial charge in [0.15, 0.2) is 0 Å². The van der Waals surface area contributed by atoms with Crippen LogP contribution in [0.15, 0.2) is 70.7 Å². The number of anilines is 1. The number of carbonyl (C=O) groups is 1. The van der Waals surface area contributed by atoms with E-state index in [0.29, 0.717) is 11.5 Å². The van der Waals surface area contributed by atoms with Crippen LogP contribution in [0.3, 0.4) is 0 Å². The van der Waals surface area contributed by atoms with Crippen molar-refractivity contribution in [2.24, 2.45) is 0 Å². The summed E-state index contributed by atoms with van der Waals surface area (Å²) in [5, 5.41) is 3.43. The molecule has 0 spiro atoms. The summed E-state index contributed by atoms with van der Waals surface area (Å²) in [5.41, 5.74) is 5.37. The molecule has 4 nitrogen and oxygen atoms in total. The summed E-state index contributed by atoms with van der Waals surface area (Å²) in [6.45, 7) is 2.88. The molecule has 30 heavy (non-hydrogen) atoms. The number of aryl methyl sites for hydroxylation is 2. The van der Waals surface area contributed by atoms with Crippen molar-refractivity contribution in [2.75, 3.05) is 19.0 Å². The van der Waals surface area contributed by atoms with Gasteiger partial charge in [0.1, 0.15) is 0 Å². The Morgan fingerprint density at radius 2 is 1.97 bits per heavy atom. The van der Waals surface area contributed by atoms with E-state index in [-0.39, 0.29) is 5.97 Å². The minimum absolute atomic E-state index is 0.346. The number of carbonyl (C=O) groups excluding carboxylic acids is 1. The van der Waals surface area contributed by atoms with Crippen molar-refractivity contribution >= 4 is 23.4 Å². The lowest BCUT2D eigenvalue weighted by Gasteiger charge is -2.27. The van der Waals surface area contributed by atoms with Gasteiger partial charge in [0, 0.05) is 28.5 Å². The van der Waals surface area contributed by atoms with Gasteiger partial charge >= 0.3 is 5.97 Å². The second-order valence-electron chi connectivity index (χ2n) is 7.66. The van der Waals surface area contributed by atoms with Crippen LogP contribution in [-0.4, -0.2) is 24.6 Å². The van der Waals surface area contributed by atoms with E-state index in [4.69, 9.17) is 4.74 Å². The molecule has 4 rings (SSSR count). The second-order valence-corrected chi connectivity index (χ2v) is 8.81. The first-order valence-corrected chi connectivity index (χ1v) is 11.1. The Balaban J connectivity index is 1.48. The number of pyridine rings is 1. The van der Waals surface area contributed by atoms with Gasteiger partial charge in [-0.05, 0) is 67.6 Å². The molecule has 1 aromatic heterocycles. The zero-order valence-corrected chi connectivity index (χ0v) is 18.2. The smallest absolute Gasteiger partial charge is 0.340 e. The Morgan fingerprint density at radius 3 is 2.77 bits per heavy atom. The number of fused-ring (bicyclic) bond motifs is 1. The van der Waals surface area contributed by atoms with Crippen molar-refractivity contribution in [1.82, 2.24) is 4.98 Å². The molecule has 1 aliphatic carbocycles. The Morgan fingerprint density at radius 1 is 1.17 bits per heavy atom. The number of ether oxygens (including phenoxy) is 1. The van der Waals surface area contributed by atoms with E-state index in [9.17, 15) is 4.79 Å². The van der Waals surface area contributed by atoms with E-state index in [1.54, 1.807) is 18.5 Å². The number of aromatic nitrogens is 1. The highest BCUT2D eigenvalue weighted by Crippen LogP contribution is 2.36. The lowest BCUT2D eigenvalue weighted by molar-refractivity contribution is 0.0601. The predicted octanol–water partition coefficient (Wildman–Crippen LogP) is 5.86. The van der Waals surface area contributed by atoms with Gasteiger partial charge in [0.25, 0.3) is 0 Å². The molecule has 3 aromatic rings. The molecule has 0 fully saturated rings. The van der Waals surface area contributed by atoms with Gasteiger partial charge in [-0.15, -0.1) is 0 Å². The van der Waals surface area contributed by atoms with Gasteiger partial charge in [0.2, 0.25) is 0 Å². The van der Waals surface area contributed by atoms with Crippen LogP contribution < -0.4 is 5.32 Å². The van der Waals surface area contributed by atoms with E-state index < -0.39 is 0 Å². The van der Waals surface area contributed by atoms with Crippen LogP contribution in [-0.2, 0) is 11.2 Å². The monoisotopic (exact) mass is 418 g/mol. The maximum Gasteiger partial charge on any atom is 0.340 e. The van der Waals surface area contributed by atoms with Crippen LogP contribution in [0.2, 0.25) is 0 Å². The van der Waals surface area contributed by atoms with Crippen molar-refractivity contribution in [2.45, 2.75) is 41.9 Å². The third-order valence-corrected chi connectivity index (χ3v) is 6.57. The summed E-state index contributed by atoms with van der Waals surface area (Å²) < 4.78 is 4.88. The Hall–Kier alpha value is -2.79. The topological polar surface area (TPSA) is 51.2 Å². The van der Waals surface area contributed by atoms with Crippen LogP contribution in [0.1, 0.15) is 45.8 Å². The second kappa shape index (κ2) is 9.35. The maximum absolute atomic E-state index is 12.0. The third kappa shape index (κ3) is 4.68. The van der Waals surface area contributed by atoms with Crippen LogP contribution in [0.4, 0.5) is 5.69 Å². The van der Waals surface area contributed by atoms with Crippen molar-refractivity contribution < 1.29 is 9.53 Å². The average molecular weight is 419 g/mol. The highest BCUT2D eigenvalue weighted by atomic mass is 32.2.